The number of pyridine rings is 1. The van der Waals surface area contributed by atoms with Crippen LogP contribution in [0.5, 0.6) is 0 Å². The minimum atomic E-state index is -0.919. The summed E-state index contributed by atoms with van der Waals surface area (Å²) in [6, 6.07) is 8.97. The van der Waals surface area contributed by atoms with Crippen LogP contribution in [0, 0.1) is 5.92 Å². The Balaban J connectivity index is 2.55. The number of aromatic carboxylic acids is 1. The summed E-state index contributed by atoms with van der Waals surface area (Å²) in [5.74, 6) is 0.272. The second-order valence-electron chi connectivity index (χ2n) is 5.12. The van der Waals surface area contributed by atoms with E-state index >= 15 is 0 Å². The molecule has 4 heteroatoms. The third kappa shape index (κ3) is 2.84. The highest BCUT2D eigenvalue weighted by atomic mass is 16.4. The van der Waals surface area contributed by atoms with E-state index in [4.69, 9.17) is 0 Å². The molecule has 1 aromatic carbocycles. The molecule has 2 aromatic rings. The van der Waals surface area contributed by atoms with E-state index in [1.807, 2.05) is 30.1 Å². The molecule has 0 amide bonds. The summed E-state index contributed by atoms with van der Waals surface area (Å²) in [4.78, 5) is 17.9. The molecule has 1 aromatic heterocycles. The van der Waals surface area contributed by atoms with Crippen molar-refractivity contribution in [3.8, 4) is 0 Å². The number of para-hydroxylation sites is 1. The Hall–Kier alpha value is -2.10. The Bertz CT molecular complexity index is 608. The maximum absolute atomic E-state index is 11.4. The molecular formula is C15H18N2O2. The van der Waals surface area contributed by atoms with Crippen LogP contribution in [0.1, 0.15) is 24.2 Å². The van der Waals surface area contributed by atoms with E-state index in [1.54, 1.807) is 12.1 Å². The lowest BCUT2D eigenvalue weighted by Gasteiger charge is -2.21. The minimum Gasteiger partial charge on any atom is -0.478 e. The fourth-order valence-corrected chi connectivity index (χ4v) is 2.18. The number of anilines is 1. The van der Waals surface area contributed by atoms with Crippen molar-refractivity contribution in [1.29, 1.82) is 0 Å². The smallest absolute Gasteiger partial charge is 0.336 e. The van der Waals surface area contributed by atoms with Crippen LogP contribution in [-0.2, 0) is 0 Å². The summed E-state index contributed by atoms with van der Waals surface area (Å²) in [5.41, 5.74) is 1.02. The molecule has 0 saturated heterocycles. The lowest BCUT2D eigenvalue weighted by atomic mass is 10.1. The zero-order valence-electron chi connectivity index (χ0n) is 11.4. The molecule has 19 heavy (non-hydrogen) atoms. The lowest BCUT2D eigenvalue weighted by Crippen LogP contribution is -2.23. The molecule has 0 aliphatic carbocycles. The van der Waals surface area contributed by atoms with Gasteiger partial charge in [-0.2, -0.15) is 0 Å². The van der Waals surface area contributed by atoms with Crippen LogP contribution in [0.25, 0.3) is 10.9 Å². The number of benzene rings is 1. The van der Waals surface area contributed by atoms with Gasteiger partial charge in [-0.05, 0) is 18.1 Å². The van der Waals surface area contributed by atoms with E-state index in [0.717, 1.165) is 6.54 Å². The van der Waals surface area contributed by atoms with Crippen LogP contribution in [0.3, 0.4) is 0 Å². The van der Waals surface area contributed by atoms with Gasteiger partial charge in [-0.3, -0.25) is 0 Å². The average molecular weight is 258 g/mol. The molecule has 0 saturated carbocycles. The summed E-state index contributed by atoms with van der Waals surface area (Å²) in [7, 11) is 1.93. The van der Waals surface area contributed by atoms with Crippen molar-refractivity contribution >= 4 is 22.7 Å². The molecule has 0 radical (unpaired) electrons. The Morgan fingerprint density at radius 1 is 1.37 bits per heavy atom. The maximum Gasteiger partial charge on any atom is 0.336 e. The van der Waals surface area contributed by atoms with E-state index in [0.29, 0.717) is 28.2 Å². The van der Waals surface area contributed by atoms with E-state index in [9.17, 15) is 9.90 Å². The summed E-state index contributed by atoms with van der Waals surface area (Å²) in [5, 5.41) is 10.0. The van der Waals surface area contributed by atoms with Crippen LogP contribution in [-0.4, -0.2) is 29.7 Å². The molecule has 0 fully saturated rings. The van der Waals surface area contributed by atoms with E-state index in [-0.39, 0.29) is 0 Å². The number of carboxylic acids is 1. The van der Waals surface area contributed by atoms with E-state index < -0.39 is 5.97 Å². The van der Waals surface area contributed by atoms with Crippen molar-refractivity contribution in [2.24, 2.45) is 5.92 Å². The molecule has 100 valence electrons. The molecule has 0 atom stereocenters. The molecule has 0 unspecified atom stereocenters. The molecule has 0 spiro atoms. The summed E-state index contributed by atoms with van der Waals surface area (Å²) >= 11 is 0. The van der Waals surface area contributed by atoms with Crippen LogP contribution in [0.4, 0.5) is 5.82 Å². The number of carboxylic acid groups (broad SMARTS) is 1. The first kappa shape index (κ1) is 13.3. The third-order valence-electron chi connectivity index (χ3n) is 2.96. The average Bonchev–Trinajstić information content (AvgIpc) is 2.36. The van der Waals surface area contributed by atoms with Crippen molar-refractivity contribution in [2.45, 2.75) is 13.8 Å². The second-order valence-corrected chi connectivity index (χ2v) is 5.12. The van der Waals surface area contributed by atoms with Crippen LogP contribution in [0.2, 0.25) is 0 Å². The summed E-state index contributed by atoms with van der Waals surface area (Å²) in [6.07, 6.45) is 0. The van der Waals surface area contributed by atoms with Gasteiger partial charge in [-0.15, -0.1) is 0 Å². The highest BCUT2D eigenvalue weighted by molar-refractivity contribution is 6.03. The Kier molecular flexibility index (Phi) is 3.69. The normalized spacial score (nSPS) is 10.9. The number of hydrogen-bond donors (Lipinski definition) is 1. The van der Waals surface area contributed by atoms with Crippen molar-refractivity contribution in [3.63, 3.8) is 0 Å². The summed E-state index contributed by atoms with van der Waals surface area (Å²) < 4.78 is 0. The van der Waals surface area contributed by atoms with Gasteiger partial charge >= 0.3 is 5.97 Å². The predicted molar refractivity (Wildman–Crippen MR) is 76.8 cm³/mol. The Morgan fingerprint density at radius 3 is 2.68 bits per heavy atom. The van der Waals surface area contributed by atoms with Gasteiger partial charge in [0.05, 0.1) is 11.1 Å². The molecule has 0 bridgehead atoms. The van der Waals surface area contributed by atoms with Gasteiger partial charge < -0.3 is 10.0 Å². The Labute approximate surface area is 112 Å². The number of nitrogens with zero attached hydrogens (tertiary/aromatic N) is 2. The standard InChI is InChI=1S/C15H18N2O2/c1-10(2)9-17(3)14-8-12(15(18)19)11-6-4-5-7-13(11)16-14/h4-8,10H,9H2,1-3H3,(H,18,19). The number of aromatic nitrogens is 1. The quantitative estimate of drug-likeness (QED) is 0.915. The zero-order valence-corrected chi connectivity index (χ0v) is 11.4. The molecule has 0 aliphatic rings. The van der Waals surface area contributed by atoms with Gasteiger partial charge in [-0.25, -0.2) is 9.78 Å². The molecule has 2 rings (SSSR count). The predicted octanol–water partition coefficient (Wildman–Crippen LogP) is 3.03. The first-order chi connectivity index (χ1) is 8.99. The summed E-state index contributed by atoms with van der Waals surface area (Å²) in [6.45, 7) is 5.08. The number of hydrogen-bond acceptors (Lipinski definition) is 3. The number of rotatable bonds is 4. The van der Waals surface area contributed by atoms with Crippen LogP contribution < -0.4 is 4.90 Å². The lowest BCUT2D eigenvalue weighted by molar-refractivity contribution is 0.0699. The van der Waals surface area contributed by atoms with E-state index in [1.165, 1.54) is 0 Å². The number of carbonyl (C=O) groups is 1. The first-order valence-corrected chi connectivity index (χ1v) is 6.33. The Morgan fingerprint density at radius 2 is 2.05 bits per heavy atom. The third-order valence-corrected chi connectivity index (χ3v) is 2.96. The first-order valence-electron chi connectivity index (χ1n) is 6.33. The SMILES string of the molecule is CC(C)CN(C)c1cc(C(=O)O)c2ccccc2n1. The van der Waals surface area contributed by atoms with Gasteiger partial charge in [0, 0.05) is 19.0 Å². The van der Waals surface area contributed by atoms with Crippen molar-refractivity contribution in [3.05, 3.63) is 35.9 Å². The van der Waals surface area contributed by atoms with Crippen LogP contribution in [0.15, 0.2) is 30.3 Å². The van der Waals surface area contributed by atoms with Crippen molar-refractivity contribution in [2.75, 3.05) is 18.5 Å². The molecule has 1 N–H and O–H groups in total. The molecule has 4 nitrogen and oxygen atoms in total. The molecular weight excluding hydrogens is 240 g/mol. The minimum absolute atomic E-state index is 0.302. The van der Waals surface area contributed by atoms with Crippen molar-refractivity contribution in [1.82, 2.24) is 4.98 Å². The van der Waals surface area contributed by atoms with Gasteiger partial charge in [0.1, 0.15) is 5.82 Å². The van der Waals surface area contributed by atoms with Gasteiger partial charge in [0.15, 0.2) is 0 Å². The van der Waals surface area contributed by atoms with Crippen LogP contribution >= 0.6 is 0 Å². The monoisotopic (exact) mass is 258 g/mol. The topological polar surface area (TPSA) is 53.4 Å². The van der Waals surface area contributed by atoms with Gasteiger partial charge in [0.25, 0.3) is 0 Å². The zero-order chi connectivity index (χ0) is 14.0. The fraction of sp³-hybridized carbons (Fsp3) is 0.333. The second kappa shape index (κ2) is 5.26. The molecule has 0 aliphatic heterocycles. The van der Waals surface area contributed by atoms with Gasteiger partial charge in [0.2, 0.25) is 0 Å². The largest absolute Gasteiger partial charge is 0.478 e. The number of fused-ring (bicyclic) bond motifs is 1. The fourth-order valence-electron chi connectivity index (χ4n) is 2.18. The van der Waals surface area contributed by atoms with Gasteiger partial charge in [-0.1, -0.05) is 32.0 Å². The van der Waals surface area contributed by atoms with E-state index in [2.05, 4.69) is 18.8 Å². The highest BCUT2D eigenvalue weighted by Gasteiger charge is 2.14. The highest BCUT2D eigenvalue weighted by Crippen LogP contribution is 2.22. The van der Waals surface area contributed by atoms with Crippen molar-refractivity contribution < 1.29 is 9.90 Å². The maximum atomic E-state index is 11.4. The molecule has 1 heterocycles.